The monoisotopic (exact) mass is 165 g/mol. The molecule has 1 heterocycles. The lowest BCUT2D eigenvalue weighted by Crippen LogP contribution is -2.08. The smallest absolute Gasteiger partial charge is 0.341 e. The van der Waals surface area contributed by atoms with Gasteiger partial charge in [0.15, 0.2) is 0 Å². The standard InChI is InChI=1S/C5H9FNO2P/c1-9-5(8)10-3-4(6)2-7-10/h4,7H,2-3H2,1H3/t4-,10?/m1/s1. The Balaban J connectivity index is 2.37. The van der Waals surface area contributed by atoms with Crippen molar-refractivity contribution in [1.82, 2.24) is 5.09 Å². The first kappa shape index (κ1) is 7.89. The summed E-state index contributed by atoms with van der Waals surface area (Å²) in [6, 6.07) is 0. The van der Waals surface area contributed by atoms with Crippen molar-refractivity contribution < 1.29 is 13.9 Å². The van der Waals surface area contributed by atoms with E-state index in [1.54, 1.807) is 0 Å². The van der Waals surface area contributed by atoms with Crippen LogP contribution in [0.5, 0.6) is 0 Å². The van der Waals surface area contributed by atoms with Crippen LogP contribution in [0.2, 0.25) is 0 Å². The van der Waals surface area contributed by atoms with Crippen LogP contribution in [0.15, 0.2) is 0 Å². The molecule has 3 nitrogen and oxygen atoms in total. The third-order valence-electron chi connectivity index (χ3n) is 1.28. The maximum absolute atomic E-state index is 12.4. The molecule has 1 unspecified atom stereocenters. The predicted molar refractivity (Wildman–Crippen MR) is 37.1 cm³/mol. The molecule has 5 heteroatoms. The molecule has 0 spiro atoms. The Hall–Kier alpha value is -0.210. The van der Waals surface area contributed by atoms with Gasteiger partial charge in [-0.25, -0.2) is 9.18 Å². The highest BCUT2D eigenvalue weighted by molar-refractivity contribution is 7.72. The third kappa shape index (κ3) is 1.64. The average Bonchev–Trinajstić information content (AvgIpc) is 2.34. The number of nitrogens with one attached hydrogen (secondary N) is 1. The zero-order chi connectivity index (χ0) is 7.56. The second-order valence-electron chi connectivity index (χ2n) is 2.04. The fourth-order valence-corrected chi connectivity index (χ4v) is 2.36. The summed E-state index contributed by atoms with van der Waals surface area (Å²) in [5.74, 6) is 0. The van der Waals surface area contributed by atoms with Crippen molar-refractivity contribution in [2.75, 3.05) is 19.8 Å². The molecule has 1 N–H and O–H groups in total. The van der Waals surface area contributed by atoms with E-state index in [-0.39, 0.29) is 5.71 Å². The molecule has 2 atom stereocenters. The van der Waals surface area contributed by atoms with Crippen molar-refractivity contribution in [2.45, 2.75) is 6.17 Å². The number of halogens is 1. The molecule has 0 saturated carbocycles. The summed E-state index contributed by atoms with van der Waals surface area (Å²) in [6.07, 6.45) is -0.563. The van der Waals surface area contributed by atoms with Crippen LogP contribution in [0.25, 0.3) is 0 Å². The number of hydrogen-bond acceptors (Lipinski definition) is 3. The Morgan fingerprint density at radius 1 is 1.90 bits per heavy atom. The first-order valence-corrected chi connectivity index (χ1v) is 4.50. The zero-order valence-corrected chi connectivity index (χ0v) is 6.53. The highest BCUT2D eigenvalue weighted by atomic mass is 31.1. The average molecular weight is 165 g/mol. The minimum Gasteiger partial charge on any atom is -0.465 e. The number of alkyl halides is 1. The van der Waals surface area contributed by atoms with Gasteiger partial charge in [0, 0.05) is 12.7 Å². The SMILES string of the molecule is COC(=O)P1C[C@H](F)CN1. The molecular formula is C5H9FNO2P. The van der Waals surface area contributed by atoms with E-state index in [9.17, 15) is 9.18 Å². The van der Waals surface area contributed by atoms with E-state index >= 15 is 0 Å². The van der Waals surface area contributed by atoms with Gasteiger partial charge in [-0.1, -0.05) is 0 Å². The van der Waals surface area contributed by atoms with Crippen LogP contribution in [0.4, 0.5) is 9.18 Å². The lowest BCUT2D eigenvalue weighted by Gasteiger charge is -2.04. The minimum atomic E-state index is -1.03. The van der Waals surface area contributed by atoms with Gasteiger partial charge in [-0.2, -0.15) is 0 Å². The van der Waals surface area contributed by atoms with Gasteiger partial charge in [0.25, 0.3) is 0 Å². The Labute approximate surface area is 59.7 Å². The van der Waals surface area contributed by atoms with Crippen molar-refractivity contribution in [3.63, 3.8) is 0 Å². The van der Waals surface area contributed by atoms with Crippen molar-refractivity contribution in [1.29, 1.82) is 0 Å². The van der Waals surface area contributed by atoms with E-state index in [0.29, 0.717) is 12.7 Å². The normalized spacial score (nSPS) is 32.2. The number of carbonyl (C=O) groups is 1. The topological polar surface area (TPSA) is 38.3 Å². The quantitative estimate of drug-likeness (QED) is 0.591. The first-order chi connectivity index (χ1) is 4.74. The molecule has 1 fully saturated rings. The number of carbonyl (C=O) groups excluding carboxylic acids is 1. The molecule has 0 amide bonds. The van der Waals surface area contributed by atoms with Crippen LogP contribution in [-0.4, -0.2) is 31.7 Å². The second-order valence-corrected chi connectivity index (χ2v) is 3.94. The molecule has 0 bridgehead atoms. The van der Waals surface area contributed by atoms with Crippen LogP contribution in [0.1, 0.15) is 0 Å². The fraction of sp³-hybridized carbons (Fsp3) is 0.800. The maximum Gasteiger partial charge on any atom is 0.341 e. The van der Waals surface area contributed by atoms with Crippen LogP contribution in [0.3, 0.4) is 0 Å². The van der Waals surface area contributed by atoms with Crippen molar-refractivity contribution in [2.24, 2.45) is 0 Å². The molecule has 1 rings (SSSR count). The summed E-state index contributed by atoms with van der Waals surface area (Å²) in [5, 5.41) is 2.77. The first-order valence-electron chi connectivity index (χ1n) is 2.97. The van der Waals surface area contributed by atoms with E-state index in [4.69, 9.17) is 0 Å². The summed E-state index contributed by atoms with van der Waals surface area (Å²) in [7, 11) is 0.285. The van der Waals surface area contributed by atoms with Crippen LogP contribution in [-0.2, 0) is 4.74 Å². The van der Waals surface area contributed by atoms with E-state index in [2.05, 4.69) is 9.82 Å². The molecule has 58 valence electrons. The number of methoxy groups -OCH3 is 1. The summed E-state index contributed by atoms with van der Waals surface area (Å²) in [6.45, 7) is 0.292. The lowest BCUT2D eigenvalue weighted by molar-refractivity contribution is 0.198. The van der Waals surface area contributed by atoms with Crippen LogP contribution < -0.4 is 5.09 Å². The Bertz CT molecular complexity index is 144. The molecule has 1 aliphatic rings. The summed E-state index contributed by atoms with van der Waals surface area (Å²) >= 11 is 0. The van der Waals surface area contributed by atoms with Gasteiger partial charge in [0.1, 0.15) is 6.17 Å². The summed E-state index contributed by atoms with van der Waals surface area (Å²) in [4.78, 5) is 10.7. The van der Waals surface area contributed by atoms with Gasteiger partial charge in [-0.3, -0.25) is 5.09 Å². The number of rotatable bonds is 1. The highest BCUT2D eigenvalue weighted by Crippen LogP contribution is 2.38. The van der Waals surface area contributed by atoms with E-state index < -0.39 is 14.2 Å². The van der Waals surface area contributed by atoms with Crippen LogP contribution >= 0.6 is 8.07 Å². The van der Waals surface area contributed by atoms with Gasteiger partial charge < -0.3 is 4.74 Å². The molecule has 10 heavy (non-hydrogen) atoms. The fourth-order valence-electron chi connectivity index (χ4n) is 0.786. The van der Waals surface area contributed by atoms with Gasteiger partial charge in [0.05, 0.1) is 15.2 Å². The van der Waals surface area contributed by atoms with E-state index in [1.807, 2.05) is 0 Å². The molecule has 1 aliphatic heterocycles. The van der Waals surface area contributed by atoms with Gasteiger partial charge in [-0.15, -0.1) is 0 Å². The predicted octanol–water partition coefficient (Wildman–Crippen LogP) is 1.09. The number of hydrogen-bond donors (Lipinski definition) is 1. The maximum atomic E-state index is 12.4. The third-order valence-corrected chi connectivity index (χ3v) is 3.23. The Morgan fingerprint density at radius 3 is 3.00 bits per heavy atom. The van der Waals surface area contributed by atoms with Crippen LogP contribution in [0, 0.1) is 0 Å². The highest BCUT2D eigenvalue weighted by Gasteiger charge is 2.29. The molecular weight excluding hydrogens is 156 g/mol. The van der Waals surface area contributed by atoms with E-state index in [1.165, 1.54) is 7.11 Å². The Kier molecular flexibility index (Phi) is 2.57. The summed E-state index contributed by atoms with van der Waals surface area (Å²) in [5.41, 5.74) is -0.310. The van der Waals surface area contributed by atoms with Gasteiger partial charge in [0.2, 0.25) is 0 Å². The van der Waals surface area contributed by atoms with Crippen molar-refractivity contribution in [3.8, 4) is 0 Å². The molecule has 1 saturated heterocycles. The summed E-state index contributed by atoms with van der Waals surface area (Å²) < 4.78 is 16.9. The molecule has 0 aliphatic carbocycles. The van der Waals surface area contributed by atoms with Crippen molar-refractivity contribution in [3.05, 3.63) is 0 Å². The number of ether oxygens (including phenoxy) is 1. The molecule has 0 radical (unpaired) electrons. The largest absolute Gasteiger partial charge is 0.465 e. The van der Waals surface area contributed by atoms with Crippen molar-refractivity contribution >= 4 is 13.8 Å². The zero-order valence-electron chi connectivity index (χ0n) is 5.63. The van der Waals surface area contributed by atoms with E-state index in [0.717, 1.165) is 0 Å². The lowest BCUT2D eigenvalue weighted by atomic mass is 10.5. The van der Waals surface area contributed by atoms with Gasteiger partial charge >= 0.3 is 5.71 Å². The molecule has 0 aromatic heterocycles. The minimum absolute atomic E-state index is 0.292. The van der Waals surface area contributed by atoms with Gasteiger partial charge in [-0.05, 0) is 0 Å². The molecule has 0 aromatic carbocycles. The molecule has 0 aromatic rings. The Morgan fingerprint density at radius 2 is 2.60 bits per heavy atom. The second kappa shape index (κ2) is 3.26.